The minimum atomic E-state index is -1.68. The van der Waals surface area contributed by atoms with Crippen molar-refractivity contribution in [1.82, 2.24) is 0 Å². The molecule has 4 nitrogen and oxygen atoms in total. The first-order valence-corrected chi connectivity index (χ1v) is 13.5. The quantitative estimate of drug-likeness (QED) is 0.789. The zero-order valence-electron chi connectivity index (χ0n) is 12.5. The van der Waals surface area contributed by atoms with Crippen LogP contribution in [0.2, 0.25) is 39.3 Å². The molecule has 1 fully saturated rings. The Morgan fingerprint density at radius 2 is 1.61 bits per heavy atom. The first-order chi connectivity index (χ1) is 8.12. The summed E-state index contributed by atoms with van der Waals surface area (Å²) in [4.78, 5) is 0. The van der Waals surface area contributed by atoms with Gasteiger partial charge in [0.15, 0.2) is 16.6 Å². The largest absolute Gasteiger partial charge is 0.412 e. The Hall–Kier alpha value is 0.274. The van der Waals surface area contributed by atoms with E-state index in [1.807, 2.05) is 0 Å². The molecule has 0 aliphatic carbocycles. The molecule has 1 rings (SSSR count). The van der Waals surface area contributed by atoms with Crippen LogP contribution in [0, 0.1) is 0 Å². The standard InChI is InChI=1S/C12H28O4Si2/c1-17(2,3)15-10-7-8-14-11(9-13)12(10)16-18(4,5)6/h10-13H,7-9H2,1-6H3/t10-,11-,12+/m1/s1. The second kappa shape index (κ2) is 6.15. The van der Waals surface area contributed by atoms with Gasteiger partial charge in [-0.05, 0) is 45.7 Å². The average molecular weight is 293 g/mol. The zero-order chi connectivity index (χ0) is 14.0. The van der Waals surface area contributed by atoms with Gasteiger partial charge in [-0.1, -0.05) is 0 Å². The third kappa shape index (κ3) is 5.50. The molecule has 0 bridgehead atoms. The summed E-state index contributed by atoms with van der Waals surface area (Å²) in [6, 6.07) is 0. The normalized spacial score (nSPS) is 30.5. The highest BCUT2D eigenvalue weighted by Gasteiger charge is 2.40. The highest BCUT2D eigenvalue weighted by molar-refractivity contribution is 6.70. The van der Waals surface area contributed by atoms with Gasteiger partial charge in [0.25, 0.3) is 0 Å². The molecule has 1 N–H and O–H groups in total. The van der Waals surface area contributed by atoms with Gasteiger partial charge in [-0.2, -0.15) is 0 Å². The fourth-order valence-electron chi connectivity index (χ4n) is 2.13. The van der Waals surface area contributed by atoms with E-state index in [1.165, 1.54) is 0 Å². The number of hydrogen-bond acceptors (Lipinski definition) is 4. The summed E-state index contributed by atoms with van der Waals surface area (Å²) in [7, 11) is -3.28. The first kappa shape index (κ1) is 16.3. The van der Waals surface area contributed by atoms with E-state index in [0.717, 1.165) is 6.42 Å². The number of ether oxygens (including phenoxy) is 1. The van der Waals surface area contributed by atoms with Gasteiger partial charge in [0.05, 0.1) is 18.8 Å². The third-order valence-electron chi connectivity index (χ3n) is 2.64. The van der Waals surface area contributed by atoms with Gasteiger partial charge < -0.3 is 18.7 Å². The molecular formula is C12H28O4Si2. The van der Waals surface area contributed by atoms with Gasteiger partial charge in [0.1, 0.15) is 6.10 Å². The molecule has 0 saturated carbocycles. The molecule has 3 atom stereocenters. The monoisotopic (exact) mass is 292 g/mol. The number of hydrogen-bond donors (Lipinski definition) is 1. The van der Waals surface area contributed by atoms with Crippen LogP contribution < -0.4 is 0 Å². The highest BCUT2D eigenvalue weighted by atomic mass is 28.4. The van der Waals surface area contributed by atoms with Crippen molar-refractivity contribution in [2.24, 2.45) is 0 Å². The lowest BCUT2D eigenvalue weighted by atomic mass is 10.0. The molecule has 1 saturated heterocycles. The topological polar surface area (TPSA) is 47.9 Å². The lowest BCUT2D eigenvalue weighted by molar-refractivity contribution is -0.135. The molecule has 108 valence electrons. The van der Waals surface area contributed by atoms with Crippen LogP contribution in [0.3, 0.4) is 0 Å². The fourth-order valence-corrected chi connectivity index (χ4v) is 4.41. The highest BCUT2D eigenvalue weighted by Crippen LogP contribution is 2.26. The molecule has 0 spiro atoms. The molecule has 0 unspecified atom stereocenters. The van der Waals surface area contributed by atoms with E-state index < -0.39 is 16.6 Å². The van der Waals surface area contributed by atoms with E-state index in [4.69, 9.17) is 13.6 Å². The second-order valence-corrected chi connectivity index (χ2v) is 15.8. The van der Waals surface area contributed by atoms with Crippen LogP contribution >= 0.6 is 0 Å². The van der Waals surface area contributed by atoms with Crippen LogP contribution in [0.5, 0.6) is 0 Å². The van der Waals surface area contributed by atoms with Crippen molar-refractivity contribution >= 4 is 16.6 Å². The molecule has 1 heterocycles. The van der Waals surface area contributed by atoms with E-state index >= 15 is 0 Å². The van der Waals surface area contributed by atoms with E-state index in [0.29, 0.717) is 6.61 Å². The Morgan fingerprint density at radius 1 is 1.06 bits per heavy atom. The number of rotatable bonds is 5. The van der Waals surface area contributed by atoms with Gasteiger partial charge in [-0.3, -0.25) is 0 Å². The maximum atomic E-state index is 9.44. The summed E-state index contributed by atoms with van der Waals surface area (Å²) in [5.41, 5.74) is 0. The maximum absolute atomic E-state index is 9.44. The van der Waals surface area contributed by atoms with Crippen molar-refractivity contribution < 1.29 is 18.7 Å². The van der Waals surface area contributed by atoms with Gasteiger partial charge in [-0.25, -0.2) is 0 Å². The summed E-state index contributed by atoms with van der Waals surface area (Å²) in [5, 5.41) is 9.44. The Balaban J connectivity index is 2.77. The molecule has 6 heteroatoms. The fraction of sp³-hybridized carbons (Fsp3) is 1.00. The van der Waals surface area contributed by atoms with Crippen LogP contribution in [-0.4, -0.2) is 53.3 Å². The van der Waals surface area contributed by atoms with Crippen LogP contribution in [-0.2, 0) is 13.6 Å². The van der Waals surface area contributed by atoms with Crippen molar-refractivity contribution in [3.8, 4) is 0 Å². The Bertz CT molecular complexity index is 260. The van der Waals surface area contributed by atoms with Gasteiger partial charge in [0, 0.05) is 6.61 Å². The molecule has 0 radical (unpaired) electrons. The molecule has 1 aliphatic rings. The van der Waals surface area contributed by atoms with Crippen molar-refractivity contribution in [3.63, 3.8) is 0 Å². The molecular weight excluding hydrogens is 264 g/mol. The minimum absolute atomic E-state index is 0.000699. The van der Waals surface area contributed by atoms with E-state index in [1.54, 1.807) is 0 Å². The second-order valence-electron chi connectivity index (χ2n) is 6.84. The first-order valence-electron chi connectivity index (χ1n) is 6.70. The van der Waals surface area contributed by atoms with Crippen molar-refractivity contribution in [3.05, 3.63) is 0 Å². The molecule has 0 amide bonds. The maximum Gasteiger partial charge on any atom is 0.184 e. The Labute approximate surface area is 113 Å². The lowest BCUT2D eigenvalue weighted by Gasteiger charge is -2.42. The summed E-state index contributed by atoms with van der Waals surface area (Å²) < 4.78 is 18.0. The lowest BCUT2D eigenvalue weighted by Crippen LogP contribution is -2.55. The molecule has 0 aromatic carbocycles. The number of aliphatic hydroxyl groups is 1. The van der Waals surface area contributed by atoms with Gasteiger partial charge in [-0.15, -0.1) is 0 Å². The summed E-state index contributed by atoms with van der Waals surface area (Å²) >= 11 is 0. The summed E-state index contributed by atoms with van der Waals surface area (Å²) in [6.07, 6.45) is 0.555. The Morgan fingerprint density at radius 3 is 2.06 bits per heavy atom. The van der Waals surface area contributed by atoms with E-state index in [-0.39, 0.29) is 24.9 Å². The molecule has 0 aromatic rings. The zero-order valence-corrected chi connectivity index (χ0v) is 14.5. The molecule has 18 heavy (non-hydrogen) atoms. The van der Waals surface area contributed by atoms with Crippen LogP contribution in [0.4, 0.5) is 0 Å². The number of aliphatic hydroxyl groups excluding tert-OH is 1. The van der Waals surface area contributed by atoms with Crippen molar-refractivity contribution in [1.29, 1.82) is 0 Å². The van der Waals surface area contributed by atoms with E-state index in [2.05, 4.69) is 39.3 Å². The smallest absolute Gasteiger partial charge is 0.184 e. The van der Waals surface area contributed by atoms with Crippen LogP contribution in [0.1, 0.15) is 6.42 Å². The third-order valence-corrected chi connectivity index (χ3v) is 4.63. The summed E-state index contributed by atoms with van der Waals surface area (Å²) in [5.74, 6) is 0. The van der Waals surface area contributed by atoms with Gasteiger partial charge in [0.2, 0.25) is 0 Å². The SMILES string of the molecule is C[Si](C)(C)O[C@@H]1[C@@H](CO)OCC[C@H]1O[Si](C)(C)C. The van der Waals surface area contributed by atoms with Crippen molar-refractivity contribution in [2.75, 3.05) is 13.2 Å². The van der Waals surface area contributed by atoms with E-state index in [9.17, 15) is 5.11 Å². The predicted molar refractivity (Wildman–Crippen MR) is 77.9 cm³/mol. The molecule has 1 aliphatic heterocycles. The predicted octanol–water partition coefficient (Wildman–Crippen LogP) is 2.21. The molecule has 0 aromatic heterocycles. The average Bonchev–Trinajstić information content (AvgIpc) is 2.16. The van der Waals surface area contributed by atoms with Crippen LogP contribution in [0.15, 0.2) is 0 Å². The van der Waals surface area contributed by atoms with Gasteiger partial charge >= 0.3 is 0 Å². The minimum Gasteiger partial charge on any atom is -0.412 e. The Kier molecular flexibility index (Phi) is 5.58. The van der Waals surface area contributed by atoms with Crippen LogP contribution in [0.25, 0.3) is 0 Å². The summed E-state index contributed by atoms with van der Waals surface area (Å²) in [6.45, 7) is 13.7. The van der Waals surface area contributed by atoms with Crippen molar-refractivity contribution in [2.45, 2.75) is 64.0 Å².